The molecule has 1 heterocycles. The van der Waals surface area contributed by atoms with Crippen LogP contribution in [0.25, 0.3) is 0 Å². The number of nitrogens with one attached hydrogen (secondary N) is 1. The Kier molecular flexibility index (Phi) is 5.62. The maximum atomic E-state index is 12.7. The van der Waals surface area contributed by atoms with Gasteiger partial charge in [0.2, 0.25) is 10.0 Å². The summed E-state index contributed by atoms with van der Waals surface area (Å²) in [4.78, 5) is 15.6. The van der Waals surface area contributed by atoms with Gasteiger partial charge in [0.05, 0.1) is 31.2 Å². The summed E-state index contributed by atoms with van der Waals surface area (Å²) in [6.45, 7) is 3.86. The first-order valence-electron chi connectivity index (χ1n) is 8.34. The lowest BCUT2D eigenvalue weighted by molar-refractivity contribution is -0.917. The van der Waals surface area contributed by atoms with Gasteiger partial charge in [-0.3, -0.25) is 4.79 Å². The first-order valence-corrected chi connectivity index (χ1v) is 10.3. The van der Waals surface area contributed by atoms with Gasteiger partial charge < -0.3 is 9.80 Å². The molecular weight excluding hydrogens is 374 g/mol. The fourth-order valence-electron chi connectivity index (χ4n) is 3.12. The lowest BCUT2D eigenvalue weighted by Gasteiger charge is -2.32. The Morgan fingerprint density at radius 2 is 1.77 bits per heavy atom. The number of hydrogen-bond acceptors (Lipinski definition) is 3. The van der Waals surface area contributed by atoms with Crippen LogP contribution in [-0.2, 0) is 16.6 Å². The van der Waals surface area contributed by atoms with Crippen LogP contribution in [0.5, 0.6) is 0 Å². The number of benzene rings is 2. The molecule has 0 bridgehead atoms. The van der Waals surface area contributed by atoms with E-state index in [-0.39, 0.29) is 21.4 Å². The van der Waals surface area contributed by atoms with E-state index in [9.17, 15) is 13.2 Å². The molecule has 6 nitrogen and oxygen atoms in total. The first-order chi connectivity index (χ1) is 12.3. The van der Waals surface area contributed by atoms with Crippen LogP contribution in [0.3, 0.4) is 0 Å². The third-order valence-corrected chi connectivity index (χ3v) is 5.93. The van der Waals surface area contributed by atoms with Crippen molar-refractivity contribution in [2.45, 2.75) is 11.4 Å². The summed E-state index contributed by atoms with van der Waals surface area (Å²) in [7, 11) is -3.97. The van der Waals surface area contributed by atoms with Crippen molar-refractivity contribution in [1.82, 2.24) is 4.90 Å². The van der Waals surface area contributed by atoms with Crippen molar-refractivity contribution in [3.63, 3.8) is 0 Å². The number of sulfonamides is 1. The minimum atomic E-state index is -3.97. The van der Waals surface area contributed by atoms with Crippen molar-refractivity contribution < 1.29 is 18.1 Å². The predicted octanol–water partition coefficient (Wildman–Crippen LogP) is 0.528. The maximum Gasteiger partial charge on any atom is 0.254 e. The van der Waals surface area contributed by atoms with Gasteiger partial charge >= 0.3 is 0 Å². The van der Waals surface area contributed by atoms with E-state index < -0.39 is 10.0 Å². The molecule has 0 spiro atoms. The average Bonchev–Trinajstić information content (AvgIpc) is 2.62. The number of rotatable bonds is 4. The van der Waals surface area contributed by atoms with E-state index in [1.165, 1.54) is 28.7 Å². The van der Waals surface area contributed by atoms with Gasteiger partial charge in [-0.25, -0.2) is 13.6 Å². The van der Waals surface area contributed by atoms with Gasteiger partial charge in [-0.05, 0) is 18.2 Å². The second-order valence-electron chi connectivity index (χ2n) is 6.39. The van der Waals surface area contributed by atoms with Crippen LogP contribution in [-0.4, -0.2) is 45.4 Å². The number of amides is 1. The van der Waals surface area contributed by atoms with Crippen molar-refractivity contribution in [3.05, 3.63) is 64.7 Å². The Labute approximate surface area is 158 Å². The number of carbonyl (C=O) groups excluding carboxylic acids is 1. The Bertz CT molecular complexity index is 895. The van der Waals surface area contributed by atoms with Crippen LogP contribution in [0.15, 0.2) is 53.4 Å². The maximum absolute atomic E-state index is 12.7. The summed E-state index contributed by atoms with van der Waals surface area (Å²) >= 11 is 5.88. The molecule has 1 aliphatic heterocycles. The van der Waals surface area contributed by atoms with E-state index in [1.807, 2.05) is 18.2 Å². The normalized spacial score (nSPS) is 15.8. The van der Waals surface area contributed by atoms with Gasteiger partial charge in [-0.2, -0.15) is 0 Å². The zero-order chi connectivity index (χ0) is 18.7. The van der Waals surface area contributed by atoms with Gasteiger partial charge in [-0.15, -0.1) is 0 Å². The van der Waals surface area contributed by atoms with Crippen LogP contribution in [0.2, 0.25) is 5.02 Å². The number of halogens is 1. The second kappa shape index (κ2) is 7.75. The zero-order valence-corrected chi connectivity index (χ0v) is 15.8. The van der Waals surface area contributed by atoms with Crippen LogP contribution in [0.4, 0.5) is 0 Å². The third kappa shape index (κ3) is 4.42. The number of nitrogens with two attached hydrogens (primary N) is 1. The monoisotopic (exact) mass is 394 g/mol. The Morgan fingerprint density at radius 1 is 1.12 bits per heavy atom. The molecule has 26 heavy (non-hydrogen) atoms. The molecule has 2 aromatic rings. The average molecular weight is 395 g/mol. The second-order valence-corrected chi connectivity index (χ2v) is 8.33. The number of nitrogens with zero attached hydrogens (tertiary/aromatic N) is 1. The molecule has 0 aromatic heterocycles. The summed E-state index contributed by atoms with van der Waals surface area (Å²) in [5, 5.41) is 5.17. The summed E-state index contributed by atoms with van der Waals surface area (Å²) in [5.74, 6) is -0.203. The summed E-state index contributed by atoms with van der Waals surface area (Å²) in [6, 6.07) is 14.4. The minimum absolute atomic E-state index is 0.0150. The van der Waals surface area contributed by atoms with Gasteiger partial charge in [0.25, 0.3) is 5.91 Å². The van der Waals surface area contributed by atoms with Gasteiger partial charge in [-0.1, -0.05) is 41.9 Å². The molecule has 3 rings (SSSR count). The smallest absolute Gasteiger partial charge is 0.254 e. The summed E-state index contributed by atoms with van der Waals surface area (Å²) in [5.41, 5.74) is 1.56. The SMILES string of the molecule is NS(=O)(=O)c1cc(C(=O)N2CC[NH+](Cc3ccccc3)CC2)ccc1Cl. The zero-order valence-electron chi connectivity index (χ0n) is 14.2. The Balaban J connectivity index is 1.65. The molecule has 3 N–H and O–H groups in total. The van der Waals surface area contributed by atoms with Gasteiger partial charge in [0, 0.05) is 11.1 Å². The lowest BCUT2D eigenvalue weighted by Crippen LogP contribution is -3.13. The molecule has 1 saturated heterocycles. The largest absolute Gasteiger partial charge is 0.328 e. The molecule has 138 valence electrons. The van der Waals surface area contributed by atoms with E-state index >= 15 is 0 Å². The fourth-order valence-corrected chi connectivity index (χ4v) is 4.20. The molecule has 2 aromatic carbocycles. The number of piperazine rings is 1. The van der Waals surface area contributed by atoms with Crippen molar-refractivity contribution >= 4 is 27.5 Å². The van der Waals surface area contributed by atoms with Crippen molar-refractivity contribution in [2.75, 3.05) is 26.2 Å². The van der Waals surface area contributed by atoms with Gasteiger partial charge in [0.1, 0.15) is 11.4 Å². The molecule has 8 heteroatoms. The van der Waals surface area contributed by atoms with E-state index in [4.69, 9.17) is 16.7 Å². The Hall–Kier alpha value is -1.93. The number of hydrogen-bond donors (Lipinski definition) is 2. The molecule has 0 unspecified atom stereocenters. The summed E-state index contributed by atoms with van der Waals surface area (Å²) in [6.07, 6.45) is 0. The first kappa shape index (κ1) is 18.8. The highest BCUT2D eigenvalue weighted by Crippen LogP contribution is 2.22. The number of primary sulfonamides is 1. The third-order valence-electron chi connectivity index (χ3n) is 4.54. The van der Waals surface area contributed by atoms with Gasteiger partial charge in [0.15, 0.2) is 0 Å². The highest BCUT2D eigenvalue weighted by atomic mass is 35.5. The van der Waals surface area contributed by atoms with Crippen LogP contribution < -0.4 is 10.0 Å². The molecule has 0 radical (unpaired) electrons. The molecule has 1 amide bonds. The van der Waals surface area contributed by atoms with Crippen LogP contribution in [0.1, 0.15) is 15.9 Å². The predicted molar refractivity (Wildman–Crippen MR) is 99.6 cm³/mol. The quantitative estimate of drug-likeness (QED) is 0.793. The molecule has 1 aliphatic rings. The van der Waals surface area contributed by atoms with Crippen LogP contribution in [0, 0.1) is 0 Å². The number of carbonyl (C=O) groups is 1. The van der Waals surface area contributed by atoms with Crippen LogP contribution >= 0.6 is 11.6 Å². The van der Waals surface area contributed by atoms with E-state index in [0.717, 1.165) is 19.6 Å². The molecule has 0 saturated carbocycles. The van der Waals surface area contributed by atoms with E-state index in [2.05, 4.69) is 12.1 Å². The number of quaternary nitrogens is 1. The lowest BCUT2D eigenvalue weighted by atomic mass is 10.1. The topological polar surface area (TPSA) is 84.9 Å². The Morgan fingerprint density at radius 3 is 2.38 bits per heavy atom. The highest BCUT2D eigenvalue weighted by Gasteiger charge is 2.26. The molecular formula is C18H21ClN3O3S+. The van der Waals surface area contributed by atoms with Crippen molar-refractivity contribution in [1.29, 1.82) is 0 Å². The van der Waals surface area contributed by atoms with Crippen molar-refractivity contribution in [3.8, 4) is 0 Å². The molecule has 1 fully saturated rings. The minimum Gasteiger partial charge on any atom is -0.328 e. The highest BCUT2D eigenvalue weighted by molar-refractivity contribution is 7.89. The fraction of sp³-hybridized carbons (Fsp3) is 0.278. The van der Waals surface area contributed by atoms with E-state index in [1.54, 1.807) is 4.90 Å². The van der Waals surface area contributed by atoms with E-state index in [0.29, 0.717) is 13.1 Å². The molecule has 0 aliphatic carbocycles. The standard InChI is InChI=1S/C18H20ClN3O3S/c19-16-7-6-15(12-17(16)26(20,24)25)18(23)22-10-8-21(9-11-22)13-14-4-2-1-3-5-14/h1-7,12H,8-11,13H2,(H2,20,24,25)/p+1. The molecule has 0 atom stereocenters. The van der Waals surface area contributed by atoms with Crippen molar-refractivity contribution in [2.24, 2.45) is 5.14 Å². The summed E-state index contributed by atoms with van der Waals surface area (Å²) < 4.78 is 23.2.